The molecule has 0 radical (unpaired) electrons. The zero-order valence-corrected chi connectivity index (χ0v) is 10.8. The van der Waals surface area contributed by atoms with Gasteiger partial charge >= 0.3 is 0 Å². The Kier molecular flexibility index (Phi) is 3.91. The van der Waals surface area contributed by atoms with E-state index in [-0.39, 0.29) is 5.38 Å². The zero-order chi connectivity index (χ0) is 11.4. The van der Waals surface area contributed by atoms with E-state index in [0.717, 1.165) is 10.9 Å². The molecule has 0 amide bonds. The Hall–Kier alpha value is -0.930. The molecule has 2 aromatic rings. The molecule has 16 heavy (non-hydrogen) atoms. The van der Waals surface area contributed by atoms with Crippen molar-refractivity contribution in [2.75, 3.05) is 0 Å². The summed E-state index contributed by atoms with van der Waals surface area (Å²) in [4.78, 5) is 8.28. The molecule has 1 aromatic heterocycles. The second-order valence-electron chi connectivity index (χ2n) is 3.41. The van der Waals surface area contributed by atoms with Gasteiger partial charge in [-0.15, -0.1) is 11.6 Å². The Bertz CT molecular complexity index is 444. The quantitative estimate of drug-likeness (QED) is 0.806. The molecule has 1 aromatic carbocycles. The van der Waals surface area contributed by atoms with Crippen molar-refractivity contribution in [2.45, 2.75) is 11.8 Å². The van der Waals surface area contributed by atoms with Crippen LogP contribution in [0, 0.1) is 0 Å². The van der Waals surface area contributed by atoms with Gasteiger partial charge in [0.2, 0.25) is 0 Å². The standard InChI is InChI=1S/C12H10BrClN2/c13-10-4-2-9(3-5-10)8-11(14)12-15-6-1-7-16-12/h1-7,11H,8H2. The summed E-state index contributed by atoms with van der Waals surface area (Å²) in [6.07, 6.45) is 4.15. The Labute approximate surface area is 108 Å². The molecule has 0 aliphatic rings. The van der Waals surface area contributed by atoms with E-state index >= 15 is 0 Å². The molecule has 2 nitrogen and oxygen atoms in total. The predicted octanol–water partition coefficient (Wildman–Crippen LogP) is 3.76. The number of rotatable bonds is 3. The average Bonchev–Trinajstić information content (AvgIpc) is 2.33. The summed E-state index contributed by atoms with van der Waals surface area (Å²) in [6, 6.07) is 9.88. The van der Waals surface area contributed by atoms with Crippen LogP contribution in [0.1, 0.15) is 16.8 Å². The van der Waals surface area contributed by atoms with Crippen LogP contribution < -0.4 is 0 Å². The summed E-state index contributed by atoms with van der Waals surface area (Å²) < 4.78 is 1.07. The number of halogens is 2. The first-order chi connectivity index (χ1) is 7.75. The van der Waals surface area contributed by atoms with E-state index in [1.54, 1.807) is 18.5 Å². The van der Waals surface area contributed by atoms with Crippen molar-refractivity contribution in [1.29, 1.82) is 0 Å². The Balaban J connectivity index is 2.08. The predicted molar refractivity (Wildman–Crippen MR) is 68.5 cm³/mol. The summed E-state index contributed by atoms with van der Waals surface area (Å²) >= 11 is 9.64. The van der Waals surface area contributed by atoms with Crippen LogP contribution in [-0.4, -0.2) is 9.97 Å². The molecular formula is C12H10BrClN2. The molecule has 4 heteroatoms. The second-order valence-corrected chi connectivity index (χ2v) is 4.85. The SMILES string of the molecule is ClC(Cc1ccc(Br)cc1)c1ncccn1. The van der Waals surface area contributed by atoms with Crippen LogP contribution in [0.4, 0.5) is 0 Å². The number of hydrogen-bond donors (Lipinski definition) is 0. The molecule has 0 N–H and O–H groups in total. The average molecular weight is 298 g/mol. The summed E-state index contributed by atoms with van der Waals surface area (Å²) in [5.41, 5.74) is 1.18. The molecule has 1 heterocycles. The number of aromatic nitrogens is 2. The van der Waals surface area contributed by atoms with Gasteiger partial charge in [0, 0.05) is 16.9 Å². The van der Waals surface area contributed by atoms with E-state index in [9.17, 15) is 0 Å². The molecule has 1 unspecified atom stereocenters. The van der Waals surface area contributed by atoms with Gasteiger partial charge in [0.1, 0.15) is 5.82 Å². The normalized spacial score (nSPS) is 12.4. The maximum Gasteiger partial charge on any atom is 0.146 e. The van der Waals surface area contributed by atoms with E-state index in [1.807, 2.05) is 24.3 Å². The minimum atomic E-state index is -0.178. The van der Waals surface area contributed by atoms with Gasteiger partial charge in [0.25, 0.3) is 0 Å². The van der Waals surface area contributed by atoms with Gasteiger partial charge in [-0.25, -0.2) is 9.97 Å². The largest absolute Gasteiger partial charge is 0.240 e. The maximum absolute atomic E-state index is 6.24. The lowest BCUT2D eigenvalue weighted by molar-refractivity contribution is 0.826. The monoisotopic (exact) mass is 296 g/mol. The lowest BCUT2D eigenvalue weighted by Gasteiger charge is -2.07. The summed E-state index contributed by atoms with van der Waals surface area (Å²) in [5.74, 6) is 0.673. The highest BCUT2D eigenvalue weighted by Crippen LogP contribution is 2.22. The topological polar surface area (TPSA) is 25.8 Å². The van der Waals surface area contributed by atoms with Gasteiger partial charge < -0.3 is 0 Å². The first-order valence-electron chi connectivity index (χ1n) is 4.91. The molecule has 2 rings (SSSR count). The summed E-state index contributed by atoms with van der Waals surface area (Å²) in [5, 5.41) is -0.178. The van der Waals surface area contributed by atoms with E-state index in [1.165, 1.54) is 5.56 Å². The molecule has 0 saturated heterocycles. The Morgan fingerprint density at radius 2 is 1.75 bits per heavy atom. The molecule has 82 valence electrons. The van der Waals surface area contributed by atoms with E-state index in [2.05, 4.69) is 25.9 Å². The highest BCUT2D eigenvalue weighted by Gasteiger charge is 2.10. The van der Waals surface area contributed by atoms with Crippen molar-refractivity contribution < 1.29 is 0 Å². The number of nitrogens with zero attached hydrogens (tertiary/aromatic N) is 2. The molecule has 0 saturated carbocycles. The minimum Gasteiger partial charge on any atom is -0.240 e. The van der Waals surface area contributed by atoms with Crippen LogP contribution in [-0.2, 0) is 6.42 Å². The second kappa shape index (κ2) is 5.41. The number of hydrogen-bond acceptors (Lipinski definition) is 2. The first-order valence-corrected chi connectivity index (χ1v) is 6.14. The first kappa shape index (κ1) is 11.6. The molecule has 0 aliphatic heterocycles. The smallest absolute Gasteiger partial charge is 0.146 e. The van der Waals surface area contributed by atoms with Crippen molar-refractivity contribution >= 4 is 27.5 Å². The fraction of sp³-hybridized carbons (Fsp3) is 0.167. The lowest BCUT2D eigenvalue weighted by Crippen LogP contribution is -2.00. The van der Waals surface area contributed by atoms with Crippen LogP contribution in [0.5, 0.6) is 0 Å². The third kappa shape index (κ3) is 3.03. The molecule has 0 fully saturated rings. The highest BCUT2D eigenvalue weighted by molar-refractivity contribution is 9.10. The number of benzene rings is 1. The fourth-order valence-corrected chi connectivity index (χ4v) is 1.95. The van der Waals surface area contributed by atoms with Gasteiger partial charge in [-0.3, -0.25) is 0 Å². The molecule has 0 aliphatic carbocycles. The van der Waals surface area contributed by atoms with Crippen LogP contribution in [0.2, 0.25) is 0 Å². The van der Waals surface area contributed by atoms with Gasteiger partial charge in [-0.2, -0.15) is 0 Å². The van der Waals surface area contributed by atoms with Crippen molar-refractivity contribution in [3.8, 4) is 0 Å². The summed E-state index contributed by atoms with van der Waals surface area (Å²) in [6.45, 7) is 0. The lowest BCUT2D eigenvalue weighted by atomic mass is 10.1. The van der Waals surface area contributed by atoms with Crippen LogP contribution >= 0.6 is 27.5 Å². The Morgan fingerprint density at radius 1 is 1.12 bits per heavy atom. The third-order valence-electron chi connectivity index (χ3n) is 2.19. The van der Waals surface area contributed by atoms with Crippen LogP contribution in [0.3, 0.4) is 0 Å². The maximum atomic E-state index is 6.24. The van der Waals surface area contributed by atoms with E-state index in [4.69, 9.17) is 11.6 Å². The fourth-order valence-electron chi connectivity index (χ4n) is 1.39. The molecule has 0 spiro atoms. The van der Waals surface area contributed by atoms with Crippen molar-refractivity contribution in [1.82, 2.24) is 9.97 Å². The minimum absolute atomic E-state index is 0.178. The van der Waals surface area contributed by atoms with Crippen molar-refractivity contribution in [3.63, 3.8) is 0 Å². The van der Waals surface area contributed by atoms with Gasteiger partial charge in [-0.05, 0) is 30.2 Å². The molecule has 1 atom stereocenters. The van der Waals surface area contributed by atoms with Crippen molar-refractivity contribution in [3.05, 3.63) is 58.6 Å². The zero-order valence-electron chi connectivity index (χ0n) is 8.48. The number of alkyl halides is 1. The van der Waals surface area contributed by atoms with Crippen LogP contribution in [0.15, 0.2) is 47.2 Å². The Morgan fingerprint density at radius 3 is 2.38 bits per heavy atom. The molecule has 0 bridgehead atoms. The summed E-state index contributed by atoms with van der Waals surface area (Å²) in [7, 11) is 0. The van der Waals surface area contributed by atoms with E-state index in [0.29, 0.717) is 5.82 Å². The van der Waals surface area contributed by atoms with Gasteiger partial charge in [-0.1, -0.05) is 28.1 Å². The molecular weight excluding hydrogens is 288 g/mol. The van der Waals surface area contributed by atoms with Crippen LogP contribution in [0.25, 0.3) is 0 Å². The highest BCUT2D eigenvalue weighted by atomic mass is 79.9. The van der Waals surface area contributed by atoms with Gasteiger partial charge in [0.05, 0.1) is 5.38 Å². The van der Waals surface area contributed by atoms with Crippen molar-refractivity contribution in [2.24, 2.45) is 0 Å². The third-order valence-corrected chi connectivity index (χ3v) is 3.07. The van der Waals surface area contributed by atoms with E-state index < -0.39 is 0 Å². The van der Waals surface area contributed by atoms with Gasteiger partial charge in [0.15, 0.2) is 0 Å².